The van der Waals surface area contributed by atoms with Gasteiger partial charge in [-0.15, -0.1) is 10.2 Å². The molecule has 3 rings (SSSR count). The van der Waals surface area contributed by atoms with Gasteiger partial charge in [0.05, 0.1) is 0 Å². The number of H-pyrrole nitrogens is 1. The Kier molecular flexibility index (Phi) is 3.88. The first-order valence-corrected chi connectivity index (χ1v) is 7.43. The number of aryl methyl sites for hydroxylation is 2. The third-order valence-electron chi connectivity index (χ3n) is 3.05. The number of nitrogens with zero attached hydrogens (tertiary/aromatic N) is 4. The highest BCUT2D eigenvalue weighted by molar-refractivity contribution is 7.99. The third kappa shape index (κ3) is 2.71. The summed E-state index contributed by atoms with van der Waals surface area (Å²) in [4.78, 5) is 14.0. The average molecular weight is 323 g/mol. The summed E-state index contributed by atoms with van der Waals surface area (Å²) in [5.74, 6) is -0.964. The highest BCUT2D eigenvalue weighted by atomic mass is 32.2. The quantitative estimate of drug-likeness (QED) is 0.740. The number of fused-ring (bicyclic) bond motifs is 1. The second kappa shape index (κ2) is 5.84. The van der Waals surface area contributed by atoms with Crippen LogP contribution in [0.1, 0.15) is 11.3 Å². The predicted molar refractivity (Wildman–Crippen MR) is 76.9 cm³/mol. The molecule has 2 heterocycles. The lowest BCUT2D eigenvalue weighted by Crippen LogP contribution is -2.15. The lowest BCUT2D eigenvalue weighted by molar-refractivity contribution is 0.500. The molecule has 6 nitrogen and oxygen atoms in total. The van der Waals surface area contributed by atoms with Gasteiger partial charge in [-0.25, -0.2) is 8.78 Å². The van der Waals surface area contributed by atoms with Crippen molar-refractivity contribution < 1.29 is 8.78 Å². The van der Waals surface area contributed by atoms with E-state index in [2.05, 4.69) is 20.3 Å². The van der Waals surface area contributed by atoms with Gasteiger partial charge in [0.25, 0.3) is 11.3 Å². The van der Waals surface area contributed by atoms with Gasteiger partial charge in [0.1, 0.15) is 5.69 Å². The van der Waals surface area contributed by atoms with Gasteiger partial charge in [0, 0.05) is 5.75 Å². The molecule has 1 aromatic carbocycles. The monoisotopic (exact) mass is 323 g/mol. The van der Waals surface area contributed by atoms with E-state index in [9.17, 15) is 13.6 Å². The zero-order chi connectivity index (χ0) is 15.7. The molecule has 0 aliphatic heterocycles. The van der Waals surface area contributed by atoms with Crippen LogP contribution in [0.15, 0.2) is 28.2 Å². The molecular weight excluding hydrogens is 312 g/mol. The summed E-state index contributed by atoms with van der Waals surface area (Å²) in [5.41, 5.74) is 0.280. The number of benzene rings is 1. The molecule has 2 aromatic heterocycles. The van der Waals surface area contributed by atoms with E-state index in [1.807, 2.05) is 0 Å². The highest BCUT2D eigenvalue weighted by Gasteiger charge is 2.11. The van der Waals surface area contributed by atoms with Gasteiger partial charge in [0.15, 0.2) is 11.6 Å². The van der Waals surface area contributed by atoms with Gasteiger partial charge < -0.3 is 0 Å². The van der Waals surface area contributed by atoms with E-state index in [0.29, 0.717) is 28.6 Å². The maximum atomic E-state index is 13.5. The molecular formula is C13H11F2N5OS. The Morgan fingerprint density at radius 1 is 1.32 bits per heavy atom. The molecule has 0 atom stereocenters. The normalized spacial score (nSPS) is 11.2. The number of halogens is 2. The number of aromatic nitrogens is 5. The molecule has 0 aliphatic rings. The molecule has 9 heteroatoms. The van der Waals surface area contributed by atoms with Gasteiger partial charge >= 0.3 is 0 Å². The van der Waals surface area contributed by atoms with Crippen molar-refractivity contribution in [3.8, 4) is 0 Å². The van der Waals surface area contributed by atoms with Crippen LogP contribution < -0.4 is 5.56 Å². The molecule has 1 N–H and O–H groups in total. The fourth-order valence-corrected chi connectivity index (χ4v) is 2.76. The minimum Gasteiger partial charge on any atom is -0.288 e. The fraction of sp³-hybridized carbons (Fsp3) is 0.231. The minimum absolute atomic E-state index is 0.245. The minimum atomic E-state index is -0.856. The summed E-state index contributed by atoms with van der Waals surface area (Å²) in [6.45, 7) is 1.58. The molecule has 0 saturated carbocycles. The first-order chi connectivity index (χ1) is 10.6. The Morgan fingerprint density at radius 2 is 2.14 bits per heavy atom. The second-order valence-electron chi connectivity index (χ2n) is 4.57. The van der Waals surface area contributed by atoms with Crippen molar-refractivity contribution in [2.75, 3.05) is 5.75 Å². The summed E-state index contributed by atoms with van der Waals surface area (Å²) in [7, 11) is 0. The van der Waals surface area contributed by atoms with Crippen LogP contribution in [0, 0.1) is 18.6 Å². The third-order valence-corrected chi connectivity index (χ3v) is 3.97. The predicted octanol–water partition coefficient (Wildman–Crippen LogP) is 1.73. The largest absolute Gasteiger partial charge is 0.288 e. The van der Waals surface area contributed by atoms with Gasteiger partial charge in [-0.2, -0.15) is 9.61 Å². The van der Waals surface area contributed by atoms with Crippen molar-refractivity contribution in [1.29, 1.82) is 0 Å². The molecule has 22 heavy (non-hydrogen) atoms. The second-order valence-corrected chi connectivity index (χ2v) is 5.63. The van der Waals surface area contributed by atoms with Crippen molar-refractivity contribution in [3.05, 3.63) is 51.4 Å². The number of nitrogens with one attached hydrogen (secondary N) is 1. The van der Waals surface area contributed by atoms with Gasteiger partial charge in [0.2, 0.25) is 5.16 Å². The van der Waals surface area contributed by atoms with Crippen LogP contribution in [-0.2, 0) is 6.42 Å². The zero-order valence-corrected chi connectivity index (χ0v) is 12.3. The van der Waals surface area contributed by atoms with Crippen LogP contribution in [0.5, 0.6) is 0 Å². The van der Waals surface area contributed by atoms with Crippen molar-refractivity contribution in [1.82, 2.24) is 24.8 Å². The van der Waals surface area contributed by atoms with E-state index < -0.39 is 11.6 Å². The zero-order valence-electron chi connectivity index (χ0n) is 11.5. The Hall–Kier alpha value is -2.29. The lowest BCUT2D eigenvalue weighted by atomic mass is 10.1. The number of rotatable bonds is 4. The van der Waals surface area contributed by atoms with E-state index in [1.54, 1.807) is 13.0 Å². The van der Waals surface area contributed by atoms with E-state index in [0.717, 1.165) is 6.07 Å². The van der Waals surface area contributed by atoms with Crippen LogP contribution in [-0.4, -0.2) is 30.5 Å². The van der Waals surface area contributed by atoms with E-state index in [1.165, 1.54) is 22.3 Å². The maximum absolute atomic E-state index is 13.5. The van der Waals surface area contributed by atoms with Crippen LogP contribution in [0.25, 0.3) is 5.78 Å². The van der Waals surface area contributed by atoms with Crippen LogP contribution in [0.3, 0.4) is 0 Å². The van der Waals surface area contributed by atoms with Gasteiger partial charge in [-0.1, -0.05) is 23.9 Å². The standard InChI is InChI=1S/C13H11F2N5OS/c1-7-11(21)16-12-17-18-13(20(12)19-7)22-6-5-8-3-2-4-9(14)10(8)15/h2-4H,5-6H2,1H3,(H,16,17,21). The van der Waals surface area contributed by atoms with Crippen LogP contribution in [0.4, 0.5) is 8.78 Å². The smallest absolute Gasteiger partial charge is 0.273 e. The number of thioether (sulfide) groups is 1. The van der Waals surface area contributed by atoms with Gasteiger partial charge in [-0.3, -0.25) is 9.78 Å². The maximum Gasteiger partial charge on any atom is 0.273 e. The van der Waals surface area contributed by atoms with E-state index in [-0.39, 0.29) is 11.3 Å². The van der Waals surface area contributed by atoms with E-state index in [4.69, 9.17) is 0 Å². The summed E-state index contributed by atoms with van der Waals surface area (Å²) in [6.07, 6.45) is 0.339. The summed E-state index contributed by atoms with van der Waals surface area (Å²) >= 11 is 1.30. The Labute approximate surface area is 127 Å². The van der Waals surface area contributed by atoms with Crippen molar-refractivity contribution in [2.24, 2.45) is 0 Å². The Balaban J connectivity index is 1.76. The Morgan fingerprint density at radius 3 is 2.95 bits per heavy atom. The number of hydrogen-bond acceptors (Lipinski definition) is 5. The molecule has 0 unspecified atom stereocenters. The molecule has 0 radical (unpaired) electrons. The Bertz CT molecular complexity index is 892. The number of hydrogen-bond donors (Lipinski definition) is 1. The van der Waals surface area contributed by atoms with Crippen molar-refractivity contribution in [2.45, 2.75) is 18.5 Å². The lowest BCUT2D eigenvalue weighted by Gasteiger charge is -2.03. The van der Waals surface area contributed by atoms with Gasteiger partial charge in [-0.05, 0) is 25.0 Å². The SMILES string of the molecule is Cc1nn2c(SCCc3cccc(F)c3F)nnc2[nH]c1=O. The van der Waals surface area contributed by atoms with Crippen molar-refractivity contribution >= 4 is 17.5 Å². The first-order valence-electron chi connectivity index (χ1n) is 6.44. The molecule has 0 amide bonds. The van der Waals surface area contributed by atoms with Crippen LogP contribution in [0.2, 0.25) is 0 Å². The number of aromatic amines is 1. The highest BCUT2D eigenvalue weighted by Crippen LogP contribution is 2.18. The molecule has 3 aromatic rings. The molecule has 0 spiro atoms. The molecule has 0 fully saturated rings. The van der Waals surface area contributed by atoms with Crippen LogP contribution >= 0.6 is 11.8 Å². The molecule has 0 bridgehead atoms. The fourth-order valence-electron chi connectivity index (χ4n) is 1.90. The summed E-state index contributed by atoms with van der Waals surface area (Å²) < 4.78 is 28.1. The molecule has 114 valence electrons. The molecule has 0 saturated heterocycles. The molecule has 0 aliphatic carbocycles. The summed E-state index contributed by atoms with van der Waals surface area (Å²) in [5, 5.41) is 12.3. The van der Waals surface area contributed by atoms with E-state index >= 15 is 0 Å². The summed E-state index contributed by atoms with van der Waals surface area (Å²) in [6, 6.07) is 4.10. The first kappa shape index (κ1) is 14.6. The average Bonchev–Trinajstić information content (AvgIpc) is 2.86. The topological polar surface area (TPSA) is 75.9 Å². The van der Waals surface area contributed by atoms with Crippen molar-refractivity contribution in [3.63, 3.8) is 0 Å².